The Bertz CT molecular complexity index is 772. The standard InChI is InChI=1S/C15H15F3N4/c16-9-1-4-12-13(6-9)22(10-2-3-10)15(21-12)8(7-19)5-11(20)14(17)18/h1,4-7,10,14H,2-3,19-20H2/b8-7+,11-5-. The fourth-order valence-electron chi connectivity index (χ4n) is 2.40. The second kappa shape index (κ2) is 5.40. The second-order valence-electron chi connectivity index (χ2n) is 5.24. The highest BCUT2D eigenvalue weighted by Crippen LogP contribution is 2.40. The molecule has 0 spiro atoms. The molecule has 7 heteroatoms. The molecule has 4 nitrogen and oxygen atoms in total. The monoisotopic (exact) mass is 308 g/mol. The number of aromatic nitrogens is 2. The molecule has 116 valence electrons. The van der Waals surface area contributed by atoms with Gasteiger partial charge in [0.1, 0.15) is 11.6 Å². The summed E-state index contributed by atoms with van der Waals surface area (Å²) in [6.45, 7) is 0. The summed E-state index contributed by atoms with van der Waals surface area (Å²) < 4.78 is 40.6. The Hall–Kier alpha value is -2.44. The van der Waals surface area contributed by atoms with Crippen LogP contribution < -0.4 is 11.5 Å². The first-order valence-corrected chi connectivity index (χ1v) is 6.86. The topological polar surface area (TPSA) is 69.9 Å². The van der Waals surface area contributed by atoms with E-state index in [1.165, 1.54) is 18.3 Å². The average Bonchev–Trinajstić information content (AvgIpc) is 3.25. The molecule has 2 aromatic rings. The van der Waals surface area contributed by atoms with Gasteiger partial charge < -0.3 is 16.0 Å². The van der Waals surface area contributed by atoms with Crippen LogP contribution in [0.3, 0.4) is 0 Å². The number of hydrogen-bond donors (Lipinski definition) is 2. The SMILES string of the molecule is N/C=C(\C=C(/N)C(F)F)c1nc2ccc(F)cc2n1C1CC1. The maximum absolute atomic E-state index is 13.5. The van der Waals surface area contributed by atoms with Gasteiger partial charge in [-0.15, -0.1) is 0 Å². The van der Waals surface area contributed by atoms with Gasteiger partial charge in [-0.3, -0.25) is 0 Å². The molecular weight excluding hydrogens is 293 g/mol. The Morgan fingerprint density at radius 1 is 1.36 bits per heavy atom. The van der Waals surface area contributed by atoms with Crippen LogP contribution >= 0.6 is 0 Å². The van der Waals surface area contributed by atoms with Crippen molar-refractivity contribution in [3.63, 3.8) is 0 Å². The summed E-state index contributed by atoms with van der Waals surface area (Å²) in [6.07, 6.45) is 1.39. The number of nitrogens with two attached hydrogens (primary N) is 2. The van der Waals surface area contributed by atoms with Crippen LogP contribution in [0.5, 0.6) is 0 Å². The number of alkyl halides is 2. The summed E-state index contributed by atoms with van der Waals surface area (Å²) in [6, 6.07) is 4.43. The summed E-state index contributed by atoms with van der Waals surface area (Å²) in [4.78, 5) is 4.40. The van der Waals surface area contributed by atoms with Crippen molar-refractivity contribution in [1.29, 1.82) is 0 Å². The lowest BCUT2D eigenvalue weighted by atomic mass is 10.2. The molecule has 1 aromatic carbocycles. The smallest absolute Gasteiger partial charge is 0.277 e. The van der Waals surface area contributed by atoms with Crippen LogP contribution in [0.15, 0.2) is 36.2 Å². The van der Waals surface area contributed by atoms with Crippen LogP contribution in [0.25, 0.3) is 16.6 Å². The molecule has 0 atom stereocenters. The van der Waals surface area contributed by atoms with Crippen molar-refractivity contribution >= 4 is 16.6 Å². The third-order valence-electron chi connectivity index (χ3n) is 3.58. The van der Waals surface area contributed by atoms with Gasteiger partial charge in [0.15, 0.2) is 0 Å². The Morgan fingerprint density at radius 3 is 2.68 bits per heavy atom. The van der Waals surface area contributed by atoms with Crippen molar-refractivity contribution in [1.82, 2.24) is 9.55 Å². The van der Waals surface area contributed by atoms with Crippen molar-refractivity contribution in [3.05, 3.63) is 47.8 Å². The Labute approximate surface area is 124 Å². The van der Waals surface area contributed by atoms with Crippen LogP contribution in [-0.2, 0) is 0 Å². The number of imidazole rings is 1. The van der Waals surface area contributed by atoms with Gasteiger partial charge in [0.05, 0.1) is 16.7 Å². The van der Waals surface area contributed by atoms with Gasteiger partial charge in [-0.05, 0) is 37.1 Å². The van der Waals surface area contributed by atoms with E-state index in [-0.39, 0.29) is 11.9 Å². The minimum atomic E-state index is -2.77. The summed E-state index contributed by atoms with van der Waals surface area (Å²) in [5.74, 6) is 0.0518. The van der Waals surface area contributed by atoms with Gasteiger partial charge in [0, 0.05) is 17.8 Å². The molecule has 1 aliphatic rings. The van der Waals surface area contributed by atoms with E-state index >= 15 is 0 Å². The largest absolute Gasteiger partial charge is 0.404 e. The van der Waals surface area contributed by atoms with Gasteiger partial charge in [-0.25, -0.2) is 18.2 Å². The maximum atomic E-state index is 13.5. The van der Waals surface area contributed by atoms with Crippen LogP contribution in [0.4, 0.5) is 13.2 Å². The van der Waals surface area contributed by atoms with E-state index in [1.807, 2.05) is 4.57 Å². The molecule has 0 aliphatic heterocycles. The highest BCUT2D eigenvalue weighted by atomic mass is 19.3. The fraction of sp³-hybridized carbons (Fsp3) is 0.267. The normalized spacial score (nSPS) is 16.7. The van der Waals surface area contributed by atoms with Crippen LogP contribution in [0.1, 0.15) is 24.7 Å². The lowest BCUT2D eigenvalue weighted by Gasteiger charge is -2.09. The third kappa shape index (κ3) is 2.54. The first-order valence-electron chi connectivity index (χ1n) is 6.86. The van der Waals surface area contributed by atoms with Crippen molar-refractivity contribution in [2.24, 2.45) is 11.5 Å². The molecule has 1 saturated carbocycles. The zero-order valence-corrected chi connectivity index (χ0v) is 11.6. The van der Waals surface area contributed by atoms with Crippen LogP contribution in [-0.4, -0.2) is 16.0 Å². The quantitative estimate of drug-likeness (QED) is 0.853. The summed E-state index contributed by atoms with van der Waals surface area (Å²) in [5.41, 5.74) is 11.8. The van der Waals surface area contributed by atoms with Crippen LogP contribution in [0.2, 0.25) is 0 Å². The Balaban J connectivity index is 2.17. The number of allylic oxidation sites excluding steroid dienone is 3. The van der Waals surface area contributed by atoms with Gasteiger partial charge in [0.25, 0.3) is 6.43 Å². The first-order chi connectivity index (χ1) is 10.5. The Kier molecular flexibility index (Phi) is 3.56. The molecule has 22 heavy (non-hydrogen) atoms. The average molecular weight is 308 g/mol. The van der Waals surface area contributed by atoms with Crippen molar-refractivity contribution < 1.29 is 13.2 Å². The highest BCUT2D eigenvalue weighted by Gasteiger charge is 2.29. The van der Waals surface area contributed by atoms with Crippen LogP contribution in [0, 0.1) is 5.82 Å². The zero-order chi connectivity index (χ0) is 15.9. The molecule has 0 radical (unpaired) electrons. The molecule has 1 aromatic heterocycles. The number of rotatable bonds is 4. The van der Waals surface area contributed by atoms with Gasteiger partial charge in [0.2, 0.25) is 0 Å². The predicted octanol–water partition coefficient (Wildman–Crippen LogP) is 2.92. The highest BCUT2D eigenvalue weighted by molar-refractivity contribution is 5.82. The molecule has 3 rings (SSSR count). The van der Waals surface area contributed by atoms with E-state index in [1.54, 1.807) is 6.07 Å². The molecule has 0 saturated heterocycles. The van der Waals surface area contributed by atoms with Gasteiger partial charge >= 0.3 is 0 Å². The molecule has 0 bridgehead atoms. The number of fused-ring (bicyclic) bond motifs is 1. The predicted molar refractivity (Wildman–Crippen MR) is 78.4 cm³/mol. The van der Waals surface area contributed by atoms with E-state index in [0.29, 0.717) is 22.4 Å². The molecule has 0 unspecified atom stereocenters. The lowest BCUT2D eigenvalue weighted by molar-refractivity contribution is 0.188. The number of hydrogen-bond acceptors (Lipinski definition) is 3. The van der Waals surface area contributed by atoms with E-state index < -0.39 is 12.1 Å². The minimum Gasteiger partial charge on any atom is -0.404 e. The van der Waals surface area contributed by atoms with Crippen molar-refractivity contribution in [2.75, 3.05) is 0 Å². The summed E-state index contributed by atoms with van der Waals surface area (Å²) in [7, 11) is 0. The third-order valence-corrected chi connectivity index (χ3v) is 3.58. The molecule has 1 heterocycles. The summed E-state index contributed by atoms with van der Waals surface area (Å²) >= 11 is 0. The Morgan fingerprint density at radius 2 is 2.09 bits per heavy atom. The molecular formula is C15H15F3N4. The fourth-order valence-corrected chi connectivity index (χ4v) is 2.40. The van der Waals surface area contributed by atoms with Gasteiger partial charge in [-0.2, -0.15) is 0 Å². The van der Waals surface area contributed by atoms with E-state index in [2.05, 4.69) is 4.98 Å². The van der Waals surface area contributed by atoms with Crippen molar-refractivity contribution in [3.8, 4) is 0 Å². The number of nitrogens with zero attached hydrogens (tertiary/aromatic N) is 2. The zero-order valence-electron chi connectivity index (χ0n) is 11.6. The van der Waals surface area contributed by atoms with Crippen molar-refractivity contribution in [2.45, 2.75) is 25.3 Å². The number of halogens is 3. The lowest BCUT2D eigenvalue weighted by Crippen LogP contribution is -2.09. The second-order valence-corrected chi connectivity index (χ2v) is 5.24. The van der Waals surface area contributed by atoms with E-state index in [9.17, 15) is 13.2 Å². The molecule has 0 amide bonds. The van der Waals surface area contributed by atoms with Gasteiger partial charge in [-0.1, -0.05) is 0 Å². The molecule has 4 N–H and O–H groups in total. The number of benzene rings is 1. The van der Waals surface area contributed by atoms with E-state index in [4.69, 9.17) is 11.5 Å². The molecule has 1 fully saturated rings. The van der Waals surface area contributed by atoms with E-state index in [0.717, 1.165) is 18.9 Å². The maximum Gasteiger partial charge on any atom is 0.277 e. The first kappa shape index (κ1) is 14.5. The molecule has 1 aliphatic carbocycles. The summed E-state index contributed by atoms with van der Waals surface area (Å²) in [5, 5.41) is 0. The minimum absolute atomic E-state index is 0.179.